The number of anilines is 1. The Morgan fingerprint density at radius 1 is 1.20 bits per heavy atom. The van der Waals surface area contributed by atoms with Crippen LogP contribution in [0.3, 0.4) is 0 Å². The second-order valence-electron chi connectivity index (χ2n) is 4.00. The van der Waals surface area contributed by atoms with Crippen LogP contribution >= 0.6 is 23.4 Å². The molecule has 1 aromatic carbocycles. The molecule has 1 heterocycles. The fourth-order valence-electron chi connectivity index (χ4n) is 1.48. The lowest BCUT2D eigenvalue weighted by molar-refractivity contribution is 0.605. The van der Waals surface area contributed by atoms with E-state index in [1.807, 2.05) is 30.5 Å². The largest absolute Gasteiger partial charge is 0.283 e. The molecule has 20 heavy (non-hydrogen) atoms. The Labute approximate surface area is 127 Å². The van der Waals surface area contributed by atoms with Gasteiger partial charge in [-0.15, -0.1) is 23.4 Å². The van der Waals surface area contributed by atoms with Gasteiger partial charge in [0.2, 0.25) is 10.0 Å². The zero-order chi connectivity index (χ0) is 14.4. The van der Waals surface area contributed by atoms with Crippen molar-refractivity contribution >= 4 is 39.1 Å². The number of nitrogens with zero attached hydrogens (tertiary/aromatic N) is 1. The van der Waals surface area contributed by atoms with Crippen molar-refractivity contribution in [2.75, 3.05) is 9.93 Å². The Morgan fingerprint density at radius 2 is 1.95 bits per heavy atom. The summed E-state index contributed by atoms with van der Waals surface area (Å²) in [5, 5.41) is -0.454. The molecule has 7 heteroatoms. The van der Waals surface area contributed by atoms with E-state index in [2.05, 4.69) is 9.71 Å². The molecule has 0 amide bonds. The summed E-state index contributed by atoms with van der Waals surface area (Å²) in [6.45, 7) is 0. The summed E-state index contributed by atoms with van der Waals surface area (Å²) in [4.78, 5) is 5.12. The molecule has 1 N–H and O–H groups in total. The molecule has 2 rings (SSSR count). The monoisotopic (exact) mass is 328 g/mol. The van der Waals surface area contributed by atoms with Crippen LogP contribution in [0.1, 0.15) is 5.56 Å². The second kappa shape index (κ2) is 6.97. The standard InChI is InChI=1S/C13H13ClN2O2S2/c14-10-20(17,18)16-12-3-5-13(6-4-12)19-9-11-2-1-7-15-8-11/h1-8,16H,9-10H2. The summed E-state index contributed by atoms with van der Waals surface area (Å²) >= 11 is 6.99. The van der Waals surface area contributed by atoms with Gasteiger partial charge in [0.05, 0.1) is 0 Å². The molecule has 2 aromatic rings. The van der Waals surface area contributed by atoms with E-state index in [1.165, 1.54) is 0 Å². The molecular formula is C13H13ClN2O2S2. The SMILES string of the molecule is O=S(=O)(CCl)Nc1ccc(SCc2cccnc2)cc1. The Balaban J connectivity index is 1.95. The minimum absolute atomic E-state index is 0.454. The van der Waals surface area contributed by atoms with E-state index in [9.17, 15) is 8.42 Å². The van der Waals surface area contributed by atoms with Crippen LogP contribution in [0.25, 0.3) is 0 Å². The number of hydrogen-bond acceptors (Lipinski definition) is 4. The predicted molar refractivity (Wildman–Crippen MR) is 83.5 cm³/mol. The number of benzene rings is 1. The highest BCUT2D eigenvalue weighted by molar-refractivity contribution is 7.98. The molecule has 0 spiro atoms. The van der Waals surface area contributed by atoms with E-state index in [4.69, 9.17) is 11.6 Å². The Morgan fingerprint density at radius 3 is 2.55 bits per heavy atom. The van der Waals surface area contributed by atoms with Gasteiger partial charge in [0.15, 0.2) is 0 Å². The number of nitrogens with one attached hydrogen (secondary N) is 1. The summed E-state index contributed by atoms with van der Waals surface area (Å²) in [5.41, 5.74) is 1.65. The highest BCUT2D eigenvalue weighted by Gasteiger charge is 2.07. The zero-order valence-corrected chi connectivity index (χ0v) is 12.9. The number of rotatable bonds is 6. The van der Waals surface area contributed by atoms with Crippen LogP contribution in [0.5, 0.6) is 0 Å². The van der Waals surface area contributed by atoms with Gasteiger partial charge in [-0.25, -0.2) is 8.42 Å². The number of halogens is 1. The zero-order valence-electron chi connectivity index (χ0n) is 10.5. The summed E-state index contributed by atoms with van der Waals surface area (Å²) in [7, 11) is -3.44. The minimum Gasteiger partial charge on any atom is -0.283 e. The smallest absolute Gasteiger partial charge is 0.246 e. The van der Waals surface area contributed by atoms with Gasteiger partial charge < -0.3 is 0 Å². The van der Waals surface area contributed by atoms with Gasteiger partial charge in [0.25, 0.3) is 0 Å². The highest BCUT2D eigenvalue weighted by Crippen LogP contribution is 2.24. The molecule has 4 nitrogen and oxygen atoms in total. The van der Waals surface area contributed by atoms with Crippen molar-refractivity contribution in [3.8, 4) is 0 Å². The van der Waals surface area contributed by atoms with Crippen molar-refractivity contribution in [3.63, 3.8) is 0 Å². The minimum atomic E-state index is -3.44. The summed E-state index contributed by atoms with van der Waals surface area (Å²) < 4.78 is 25.0. The molecule has 0 fully saturated rings. The van der Waals surface area contributed by atoms with Gasteiger partial charge in [0, 0.05) is 28.7 Å². The first-order chi connectivity index (χ1) is 9.59. The Bertz CT molecular complexity index is 646. The molecule has 0 saturated carbocycles. The third-order valence-electron chi connectivity index (χ3n) is 2.40. The molecule has 0 aliphatic heterocycles. The van der Waals surface area contributed by atoms with Crippen LogP contribution in [-0.4, -0.2) is 18.6 Å². The average molecular weight is 329 g/mol. The summed E-state index contributed by atoms with van der Waals surface area (Å²) in [6, 6.07) is 11.1. The molecule has 0 aliphatic rings. The number of pyridine rings is 1. The predicted octanol–water partition coefficient (Wildman–Crippen LogP) is 3.31. The van der Waals surface area contributed by atoms with Crippen LogP contribution in [0.4, 0.5) is 5.69 Å². The van der Waals surface area contributed by atoms with Gasteiger partial charge in [-0.2, -0.15) is 0 Å². The molecule has 1 aromatic heterocycles. The molecule has 0 aliphatic carbocycles. The molecule has 0 saturated heterocycles. The van der Waals surface area contributed by atoms with Gasteiger partial charge in [-0.1, -0.05) is 6.07 Å². The average Bonchev–Trinajstić information content (AvgIpc) is 2.47. The Hall–Kier alpha value is -1.24. The molecule has 106 valence electrons. The van der Waals surface area contributed by atoms with Crippen LogP contribution in [0, 0.1) is 0 Å². The molecule has 0 unspecified atom stereocenters. The quantitative estimate of drug-likeness (QED) is 0.653. The lowest BCUT2D eigenvalue weighted by atomic mass is 10.3. The Kier molecular flexibility index (Phi) is 5.28. The third-order valence-corrected chi connectivity index (χ3v) is 5.18. The number of aromatic nitrogens is 1. The fraction of sp³-hybridized carbons (Fsp3) is 0.154. The number of sulfonamides is 1. The first-order valence-electron chi connectivity index (χ1n) is 5.77. The van der Waals surface area contributed by atoms with Gasteiger partial charge >= 0.3 is 0 Å². The molecule has 0 bridgehead atoms. The second-order valence-corrected chi connectivity index (χ2v) is 7.36. The number of hydrogen-bond donors (Lipinski definition) is 1. The topological polar surface area (TPSA) is 59.1 Å². The van der Waals surface area contributed by atoms with Crippen molar-refractivity contribution in [1.82, 2.24) is 4.98 Å². The van der Waals surface area contributed by atoms with E-state index >= 15 is 0 Å². The number of thioether (sulfide) groups is 1. The van der Waals surface area contributed by atoms with Crippen molar-refractivity contribution in [2.45, 2.75) is 10.6 Å². The summed E-state index contributed by atoms with van der Waals surface area (Å²) in [6.07, 6.45) is 3.57. The summed E-state index contributed by atoms with van der Waals surface area (Å²) in [5.74, 6) is 0.820. The molecular weight excluding hydrogens is 316 g/mol. The first kappa shape index (κ1) is 15.2. The van der Waals surface area contributed by atoms with Gasteiger partial charge in [0.1, 0.15) is 5.21 Å². The molecule has 0 radical (unpaired) electrons. The van der Waals surface area contributed by atoms with Crippen LogP contribution in [-0.2, 0) is 15.8 Å². The van der Waals surface area contributed by atoms with Crippen LogP contribution in [0.15, 0.2) is 53.7 Å². The maximum Gasteiger partial charge on any atom is 0.246 e. The van der Waals surface area contributed by atoms with E-state index in [0.29, 0.717) is 5.69 Å². The van der Waals surface area contributed by atoms with Gasteiger partial charge in [-0.05, 0) is 35.9 Å². The highest BCUT2D eigenvalue weighted by atomic mass is 35.5. The van der Waals surface area contributed by atoms with E-state index in [0.717, 1.165) is 16.2 Å². The van der Waals surface area contributed by atoms with Crippen molar-refractivity contribution in [3.05, 3.63) is 54.4 Å². The molecule has 0 atom stereocenters. The van der Waals surface area contributed by atoms with Crippen molar-refractivity contribution in [1.29, 1.82) is 0 Å². The van der Waals surface area contributed by atoms with E-state index in [1.54, 1.807) is 30.1 Å². The first-order valence-corrected chi connectivity index (χ1v) is 8.94. The van der Waals surface area contributed by atoms with E-state index < -0.39 is 15.2 Å². The van der Waals surface area contributed by atoms with Crippen molar-refractivity contribution < 1.29 is 8.42 Å². The van der Waals surface area contributed by atoms with Crippen molar-refractivity contribution in [2.24, 2.45) is 0 Å². The third kappa shape index (κ3) is 4.70. The lowest BCUT2D eigenvalue weighted by Gasteiger charge is -2.06. The fourth-order valence-corrected chi connectivity index (χ4v) is 3.02. The van der Waals surface area contributed by atoms with Crippen LogP contribution in [0.2, 0.25) is 0 Å². The van der Waals surface area contributed by atoms with E-state index in [-0.39, 0.29) is 0 Å². The maximum absolute atomic E-state index is 11.3. The number of alkyl halides is 1. The lowest BCUT2D eigenvalue weighted by Crippen LogP contribution is -2.13. The normalized spacial score (nSPS) is 11.2. The van der Waals surface area contributed by atoms with Gasteiger partial charge in [-0.3, -0.25) is 9.71 Å². The maximum atomic E-state index is 11.3. The van der Waals surface area contributed by atoms with Crippen LogP contribution < -0.4 is 4.72 Å².